The van der Waals surface area contributed by atoms with Crippen molar-refractivity contribution >= 4 is 17.3 Å². The lowest BCUT2D eigenvalue weighted by Crippen LogP contribution is -2.21. The van der Waals surface area contributed by atoms with E-state index >= 15 is 0 Å². The zero-order chi connectivity index (χ0) is 13.9. The molecule has 1 aliphatic rings. The van der Waals surface area contributed by atoms with Crippen molar-refractivity contribution in [2.75, 3.05) is 11.9 Å². The lowest BCUT2D eigenvalue weighted by atomic mass is 10.1. The number of halogens is 1. The fourth-order valence-corrected chi connectivity index (χ4v) is 2.57. The highest BCUT2D eigenvalue weighted by atomic mass is 35.5. The number of furan rings is 1. The van der Waals surface area contributed by atoms with Crippen LogP contribution < -0.4 is 10.2 Å². The molecule has 20 heavy (non-hydrogen) atoms. The topological polar surface area (TPSA) is 28.4 Å². The van der Waals surface area contributed by atoms with Crippen LogP contribution in [0.2, 0.25) is 5.02 Å². The molecule has 1 aromatic carbocycles. The van der Waals surface area contributed by atoms with Gasteiger partial charge in [0.1, 0.15) is 5.76 Å². The number of nitrogens with zero attached hydrogens (tertiary/aromatic N) is 1. The molecule has 0 unspecified atom stereocenters. The zero-order valence-corrected chi connectivity index (χ0v) is 12.4. The van der Waals surface area contributed by atoms with E-state index in [0.29, 0.717) is 6.04 Å². The van der Waals surface area contributed by atoms with Gasteiger partial charge in [0.25, 0.3) is 0 Å². The summed E-state index contributed by atoms with van der Waals surface area (Å²) in [7, 11) is 2.06. The fraction of sp³-hybridized carbons (Fsp3) is 0.375. The molecule has 106 valence electrons. The second kappa shape index (κ2) is 5.90. The standard InChI is InChI=1S/C16H19ClN2O/c1-19(11-13-4-3-9-20-13)16-6-2-5-15(17)14(16)10-18-12-7-8-12/h2-6,9,12,18H,7-8,10-11H2,1H3. The summed E-state index contributed by atoms with van der Waals surface area (Å²) in [5, 5.41) is 4.35. The summed E-state index contributed by atoms with van der Waals surface area (Å²) < 4.78 is 5.41. The maximum Gasteiger partial charge on any atom is 0.123 e. The minimum Gasteiger partial charge on any atom is -0.467 e. The van der Waals surface area contributed by atoms with E-state index in [1.807, 2.05) is 24.3 Å². The Morgan fingerprint density at radius 1 is 1.30 bits per heavy atom. The van der Waals surface area contributed by atoms with E-state index in [2.05, 4.69) is 23.3 Å². The smallest absolute Gasteiger partial charge is 0.123 e. The van der Waals surface area contributed by atoms with E-state index in [1.165, 1.54) is 12.8 Å². The first-order valence-corrected chi connectivity index (χ1v) is 7.36. The molecule has 1 fully saturated rings. The number of hydrogen-bond acceptors (Lipinski definition) is 3. The first-order valence-electron chi connectivity index (χ1n) is 6.98. The van der Waals surface area contributed by atoms with Crippen LogP contribution in [0.15, 0.2) is 41.0 Å². The highest BCUT2D eigenvalue weighted by molar-refractivity contribution is 6.31. The van der Waals surface area contributed by atoms with E-state index in [1.54, 1.807) is 6.26 Å². The maximum absolute atomic E-state index is 6.37. The molecule has 0 aliphatic heterocycles. The SMILES string of the molecule is CN(Cc1ccco1)c1cccc(Cl)c1CNC1CC1. The fourth-order valence-electron chi connectivity index (χ4n) is 2.34. The third-order valence-corrected chi connectivity index (χ3v) is 3.98. The molecule has 0 spiro atoms. The van der Waals surface area contributed by atoms with Crippen molar-refractivity contribution in [3.05, 3.63) is 52.9 Å². The van der Waals surface area contributed by atoms with E-state index in [9.17, 15) is 0 Å². The Balaban J connectivity index is 1.77. The van der Waals surface area contributed by atoms with Crippen molar-refractivity contribution in [1.29, 1.82) is 0 Å². The van der Waals surface area contributed by atoms with Crippen LogP contribution in [0, 0.1) is 0 Å². The Labute approximate surface area is 124 Å². The summed E-state index contributed by atoms with van der Waals surface area (Å²) in [5.74, 6) is 0.952. The van der Waals surface area contributed by atoms with Crippen LogP contribution in [0.4, 0.5) is 5.69 Å². The van der Waals surface area contributed by atoms with Gasteiger partial charge in [-0.3, -0.25) is 0 Å². The molecule has 3 rings (SSSR count). The number of anilines is 1. The van der Waals surface area contributed by atoms with Gasteiger partial charge in [-0.1, -0.05) is 17.7 Å². The van der Waals surface area contributed by atoms with E-state index in [0.717, 1.165) is 35.1 Å². The lowest BCUT2D eigenvalue weighted by Gasteiger charge is -2.22. The van der Waals surface area contributed by atoms with Crippen LogP contribution in [0.3, 0.4) is 0 Å². The number of nitrogens with one attached hydrogen (secondary N) is 1. The molecule has 1 heterocycles. The summed E-state index contributed by atoms with van der Waals surface area (Å²) in [6.07, 6.45) is 4.26. The Hall–Kier alpha value is -1.45. The van der Waals surface area contributed by atoms with Crippen LogP contribution in [-0.4, -0.2) is 13.1 Å². The first kappa shape index (κ1) is 13.5. The average Bonchev–Trinajstić information content (AvgIpc) is 3.13. The predicted molar refractivity (Wildman–Crippen MR) is 82.1 cm³/mol. The van der Waals surface area contributed by atoms with Crippen molar-refractivity contribution in [2.45, 2.75) is 32.0 Å². The van der Waals surface area contributed by atoms with Gasteiger partial charge >= 0.3 is 0 Å². The second-order valence-electron chi connectivity index (χ2n) is 5.33. The number of rotatable bonds is 6. The molecule has 0 saturated heterocycles. The van der Waals surface area contributed by atoms with Crippen molar-refractivity contribution < 1.29 is 4.42 Å². The van der Waals surface area contributed by atoms with Gasteiger partial charge in [-0.25, -0.2) is 0 Å². The van der Waals surface area contributed by atoms with Gasteiger partial charge in [0.2, 0.25) is 0 Å². The van der Waals surface area contributed by atoms with Crippen LogP contribution in [0.5, 0.6) is 0 Å². The summed E-state index contributed by atoms with van der Waals surface area (Å²) in [5.41, 5.74) is 2.32. The molecule has 1 aliphatic carbocycles. The number of hydrogen-bond donors (Lipinski definition) is 1. The van der Waals surface area contributed by atoms with Crippen molar-refractivity contribution in [2.24, 2.45) is 0 Å². The number of benzene rings is 1. The highest BCUT2D eigenvalue weighted by Gasteiger charge is 2.21. The Kier molecular flexibility index (Phi) is 3.99. The lowest BCUT2D eigenvalue weighted by molar-refractivity contribution is 0.507. The predicted octanol–water partition coefficient (Wildman–Crippen LogP) is 3.82. The van der Waals surface area contributed by atoms with Gasteiger partial charge in [0, 0.05) is 35.9 Å². The zero-order valence-electron chi connectivity index (χ0n) is 11.6. The van der Waals surface area contributed by atoms with Gasteiger partial charge in [-0.15, -0.1) is 0 Å². The van der Waals surface area contributed by atoms with Crippen molar-refractivity contribution in [1.82, 2.24) is 5.32 Å². The highest BCUT2D eigenvalue weighted by Crippen LogP contribution is 2.29. The minimum atomic E-state index is 0.675. The van der Waals surface area contributed by atoms with Crippen molar-refractivity contribution in [3.63, 3.8) is 0 Å². The molecule has 1 N–H and O–H groups in total. The van der Waals surface area contributed by atoms with Crippen LogP contribution in [0.25, 0.3) is 0 Å². The van der Waals surface area contributed by atoms with Gasteiger partial charge < -0.3 is 14.6 Å². The van der Waals surface area contributed by atoms with E-state index in [4.69, 9.17) is 16.0 Å². The van der Waals surface area contributed by atoms with Gasteiger partial charge in [0.05, 0.1) is 12.8 Å². The van der Waals surface area contributed by atoms with E-state index in [-0.39, 0.29) is 0 Å². The maximum atomic E-state index is 6.37. The molecule has 0 radical (unpaired) electrons. The molecule has 1 aromatic heterocycles. The molecule has 0 atom stereocenters. The summed E-state index contributed by atoms with van der Waals surface area (Å²) in [6, 6.07) is 10.6. The van der Waals surface area contributed by atoms with Gasteiger partial charge in [0.15, 0.2) is 0 Å². The third kappa shape index (κ3) is 3.17. The Bertz CT molecular complexity index is 564. The molecule has 1 saturated carbocycles. The summed E-state index contributed by atoms with van der Waals surface area (Å²) in [4.78, 5) is 2.18. The molecule has 0 amide bonds. The monoisotopic (exact) mass is 290 g/mol. The Morgan fingerprint density at radius 2 is 2.15 bits per heavy atom. The molecule has 0 bridgehead atoms. The largest absolute Gasteiger partial charge is 0.467 e. The molecule has 3 nitrogen and oxygen atoms in total. The van der Waals surface area contributed by atoms with Crippen molar-refractivity contribution in [3.8, 4) is 0 Å². The summed E-state index contributed by atoms with van der Waals surface area (Å²) in [6.45, 7) is 1.56. The normalized spacial score (nSPS) is 14.5. The molecule has 2 aromatic rings. The molecule has 4 heteroatoms. The minimum absolute atomic E-state index is 0.675. The molecular weight excluding hydrogens is 272 g/mol. The van der Waals surface area contributed by atoms with Crippen LogP contribution >= 0.6 is 11.6 Å². The van der Waals surface area contributed by atoms with Gasteiger partial charge in [-0.2, -0.15) is 0 Å². The Morgan fingerprint density at radius 3 is 2.85 bits per heavy atom. The quantitative estimate of drug-likeness (QED) is 0.877. The van der Waals surface area contributed by atoms with E-state index < -0.39 is 0 Å². The third-order valence-electron chi connectivity index (χ3n) is 3.62. The van der Waals surface area contributed by atoms with Crippen LogP contribution in [0.1, 0.15) is 24.2 Å². The summed E-state index contributed by atoms with van der Waals surface area (Å²) >= 11 is 6.37. The van der Waals surface area contributed by atoms with Crippen LogP contribution in [-0.2, 0) is 13.1 Å². The first-order chi connectivity index (χ1) is 9.74. The second-order valence-corrected chi connectivity index (χ2v) is 5.74. The molecular formula is C16H19ClN2O. The average molecular weight is 291 g/mol. The van der Waals surface area contributed by atoms with Gasteiger partial charge in [-0.05, 0) is 37.1 Å².